The summed E-state index contributed by atoms with van der Waals surface area (Å²) >= 11 is 0. The first-order chi connectivity index (χ1) is 19.5. The van der Waals surface area contributed by atoms with Crippen LogP contribution in [-0.4, -0.2) is 71.5 Å². The van der Waals surface area contributed by atoms with E-state index in [0.29, 0.717) is 19.8 Å². The molecule has 1 aromatic carbocycles. The molecule has 2 fully saturated rings. The maximum atomic E-state index is 14.1. The third kappa shape index (κ3) is 6.06. The van der Waals surface area contributed by atoms with Crippen LogP contribution in [0.2, 0.25) is 0 Å². The number of fused-ring (bicyclic) bond motifs is 1. The number of aromatic nitrogens is 2. The van der Waals surface area contributed by atoms with Crippen molar-refractivity contribution >= 4 is 17.5 Å². The first kappa shape index (κ1) is 28.3. The SMILES string of the molecule is CCNCc1ccc(-c2cccn3cc([C@@H]4CCCN4C(=O)[C@@H](NC(=O)[C@H](C)NC)C4CCOCC4)nc23)cc1. The van der Waals surface area contributed by atoms with Gasteiger partial charge in [0, 0.05) is 44.3 Å². The summed E-state index contributed by atoms with van der Waals surface area (Å²) in [7, 11) is 1.75. The first-order valence-corrected chi connectivity index (χ1v) is 14.6. The number of likely N-dealkylation sites (N-methyl/N-ethyl adjacent to an activating group) is 1. The number of hydrogen-bond acceptors (Lipinski definition) is 6. The molecule has 2 amide bonds. The molecule has 0 bridgehead atoms. The first-order valence-electron chi connectivity index (χ1n) is 14.6. The van der Waals surface area contributed by atoms with Gasteiger partial charge in [0.1, 0.15) is 11.7 Å². The average Bonchev–Trinajstić information content (AvgIpc) is 3.66. The van der Waals surface area contributed by atoms with E-state index in [1.807, 2.05) is 24.1 Å². The molecule has 0 aliphatic carbocycles. The van der Waals surface area contributed by atoms with Crippen molar-refractivity contribution in [2.75, 3.05) is 33.4 Å². The van der Waals surface area contributed by atoms with Gasteiger partial charge in [-0.2, -0.15) is 0 Å². The predicted molar refractivity (Wildman–Crippen MR) is 156 cm³/mol. The quantitative estimate of drug-likeness (QED) is 0.361. The summed E-state index contributed by atoms with van der Waals surface area (Å²) in [6.07, 6.45) is 7.35. The Bertz CT molecular complexity index is 1300. The van der Waals surface area contributed by atoms with Crippen molar-refractivity contribution in [2.45, 2.75) is 64.2 Å². The van der Waals surface area contributed by atoms with Crippen LogP contribution in [0, 0.1) is 5.92 Å². The lowest BCUT2D eigenvalue weighted by Crippen LogP contribution is -2.56. The summed E-state index contributed by atoms with van der Waals surface area (Å²) in [5.41, 5.74) is 5.20. The molecule has 0 saturated carbocycles. The van der Waals surface area contributed by atoms with E-state index in [2.05, 4.69) is 63.8 Å². The van der Waals surface area contributed by atoms with Crippen LogP contribution < -0.4 is 16.0 Å². The number of carbonyl (C=O) groups is 2. The molecule has 9 nitrogen and oxygen atoms in total. The molecule has 0 spiro atoms. The number of ether oxygens (including phenoxy) is 1. The highest BCUT2D eigenvalue weighted by Gasteiger charge is 2.40. The summed E-state index contributed by atoms with van der Waals surface area (Å²) in [6, 6.07) is 11.7. The highest BCUT2D eigenvalue weighted by Crippen LogP contribution is 2.35. The highest BCUT2D eigenvalue weighted by atomic mass is 16.5. The topological polar surface area (TPSA) is 100 Å². The zero-order chi connectivity index (χ0) is 28.1. The van der Waals surface area contributed by atoms with Crippen LogP contribution in [0.5, 0.6) is 0 Å². The molecule has 3 atom stereocenters. The standard InChI is InChI=1S/C31H42N6O3/c1-4-33-19-22-9-11-23(12-10-22)25-7-5-15-36-20-26(34-29(25)36)27-8-6-16-37(27)31(39)28(24-13-17-40-18-14-24)35-30(38)21(2)32-3/h5,7,9-12,15,20-21,24,27-28,32-33H,4,6,8,13-14,16-19H2,1-3H3,(H,35,38)/t21-,27-,28-/m0/s1. The molecule has 214 valence electrons. The summed E-state index contributed by atoms with van der Waals surface area (Å²) in [5, 5.41) is 9.43. The lowest BCUT2D eigenvalue weighted by atomic mass is 9.90. The van der Waals surface area contributed by atoms with Gasteiger partial charge in [0.05, 0.1) is 17.8 Å². The Balaban J connectivity index is 1.40. The molecule has 5 rings (SSSR count). The molecule has 4 heterocycles. The Morgan fingerprint density at radius 1 is 1.12 bits per heavy atom. The van der Waals surface area contributed by atoms with Gasteiger partial charge >= 0.3 is 0 Å². The van der Waals surface area contributed by atoms with Crippen molar-refractivity contribution in [3.63, 3.8) is 0 Å². The highest BCUT2D eigenvalue weighted by molar-refractivity contribution is 5.90. The lowest BCUT2D eigenvalue weighted by Gasteiger charge is -2.35. The predicted octanol–water partition coefficient (Wildman–Crippen LogP) is 3.29. The van der Waals surface area contributed by atoms with Gasteiger partial charge < -0.3 is 30.0 Å². The third-order valence-electron chi connectivity index (χ3n) is 8.35. The molecule has 2 aliphatic heterocycles. The smallest absolute Gasteiger partial charge is 0.246 e. The number of nitrogens with zero attached hydrogens (tertiary/aromatic N) is 3. The fraction of sp³-hybridized carbons (Fsp3) is 0.516. The van der Waals surface area contributed by atoms with Gasteiger partial charge in [-0.15, -0.1) is 0 Å². The fourth-order valence-corrected chi connectivity index (χ4v) is 5.85. The molecular formula is C31H42N6O3. The minimum absolute atomic E-state index is 0.0142. The van der Waals surface area contributed by atoms with E-state index < -0.39 is 6.04 Å². The van der Waals surface area contributed by atoms with Crippen LogP contribution >= 0.6 is 0 Å². The number of pyridine rings is 1. The molecule has 9 heteroatoms. The van der Waals surface area contributed by atoms with Crippen molar-refractivity contribution in [2.24, 2.45) is 5.92 Å². The van der Waals surface area contributed by atoms with Crippen LogP contribution in [-0.2, 0) is 20.9 Å². The maximum Gasteiger partial charge on any atom is 0.246 e. The maximum absolute atomic E-state index is 14.1. The number of nitrogens with one attached hydrogen (secondary N) is 3. The van der Waals surface area contributed by atoms with E-state index in [0.717, 1.165) is 61.2 Å². The second-order valence-electron chi connectivity index (χ2n) is 10.9. The summed E-state index contributed by atoms with van der Waals surface area (Å²) in [5.74, 6) is -0.116. The van der Waals surface area contributed by atoms with Crippen LogP contribution in [0.1, 0.15) is 56.8 Å². The van der Waals surface area contributed by atoms with E-state index in [-0.39, 0.29) is 29.8 Å². The van der Waals surface area contributed by atoms with E-state index >= 15 is 0 Å². The molecule has 2 aliphatic rings. The van der Waals surface area contributed by atoms with Crippen molar-refractivity contribution < 1.29 is 14.3 Å². The summed E-state index contributed by atoms with van der Waals surface area (Å²) < 4.78 is 7.62. The Morgan fingerprint density at radius 3 is 2.62 bits per heavy atom. The van der Waals surface area contributed by atoms with Crippen molar-refractivity contribution in [3.05, 3.63) is 60.0 Å². The molecule has 0 radical (unpaired) electrons. The normalized spacial score (nSPS) is 19.6. The molecule has 40 heavy (non-hydrogen) atoms. The number of benzene rings is 1. The number of carbonyl (C=O) groups excluding carboxylic acids is 2. The minimum atomic E-state index is -0.568. The zero-order valence-corrected chi connectivity index (χ0v) is 23.9. The van der Waals surface area contributed by atoms with E-state index in [4.69, 9.17) is 9.72 Å². The Hall–Kier alpha value is -3.27. The van der Waals surface area contributed by atoms with Gasteiger partial charge in [-0.25, -0.2) is 4.98 Å². The number of rotatable bonds is 10. The van der Waals surface area contributed by atoms with Gasteiger partial charge in [0.15, 0.2) is 0 Å². The van der Waals surface area contributed by atoms with Gasteiger partial charge in [-0.05, 0) is 75.4 Å². The van der Waals surface area contributed by atoms with E-state index in [1.54, 1.807) is 7.05 Å². The van der Waals surface area contributed by atoms with Gasteiger partial charge in [-0.3, -0.25) is 9.59 Å². The van der Waals surface area contributed by atoms with E-state index in [9.17, 15) is 9.59 Å². The Labute approximate surface area is 236 Å². The average molecular weight is 547 g/mol. The van der Waals surface area contributed by atoms with E-state index in [1.165, 1.54) is 5.56 Å². The number of likely N-dealkylation sites (tertiary alicyclic amines) is 1. The summed E-state index contributed by atoms with van der Waals surface area (Å²) in [4.78, 5) is 34.0. The van der Waals surface area contributed by atoms with Crippen LogP contribution in [0.25, 0.3) is 16.8 Å². The van der Waals surface area contributed by atoms with Gasteiger partial charge in [0.25, 0.3) is 0 Å². The Kier molecular flexibility index (Phi) is 9.14. The molecular weight excluding hydrogens is 504 g/mol. The van der Waals surface area contributed by atoms with Crippen molar-refractivity contribution in [1.82, 2.24) is 30.2 Å². The zero-order valence-electron chi connectivity index (χ0n) is 23.9. The van der Waals surface area contributed by atoms with Crippen LogP contribution in [0.4, 0.5) is 0 Å². The molecule has 3 N–H and O–H groups in total. The second-order valence-corrected chi connectivity index (χ2v) is 10.9. The number of imidazole rings is 1. The molecule has 0 unspecified atom stereocenters. The van der Waals surface area contributed by atoms with Gasteiger partial charge in [-0.1, -0.05) is 31.2 Å². The monoisotopic (exact) mass is 546 g/mol. The Morgan fingerprint density at radius 2 is 1.90 bits per heavy atom. The fourth-order valence-electron chi connectivity index (χ4n) is 5.85. The molecule has 2 aromatic heterocycles. The molecule has 2 saturated heterocycles. The largest absolute Gasteiger partial charge is 0.381 e. The van der Waals surface area contributed by atoms with Gasteiger partial charge in [0.2, 0.25) is 11.8 Å². The number of amides is 2. The number of hydrogen-bond donors (Lipinski definition) is 3. The van der Waals surface area contributed by atoms with Crippen LogP contribution in [0.3, 0.4) is 0 Å². The summed E-state index contributed by atoms with van der Waals surface area (Å²) in [6.45, 7) is 7.59. The molecule has 3 aromatic rings. The minimum Gasteiger partial charge on any atom is -0.381 e. The van der Waals surface area contributed by atoms with Crippen molar-refractivity contribution in [1.29, 1.82) is 0 Å². The second kappa shape index (κ2) is 12.9. The van der Waals surface area contributed by atoms with Crippen molar-refractivity contribution in [3.8, 4) is 11.1 Å². The third-order valence-corrected chi connectivity index (χ3v) is 8.35. The lowest BCUT2D eigenvalue weighted by molar-refractivity contribution is -0.140. The van der Waals surface area contributed by atoms with Crippen LogP contribution in [0.15, 0.2) is 48.8 Å².